The van der Waals surface area contributed by atoms with Crippen molar-refractivity contribution in [2.24, 2.45) is 5.41 Å². The molecule has 0 aromatic carbocycles. The molecular weight excluding hydrogens is 374 g/mol. The molecule has 0 heterocycles. The minimum atomic E-state index is -0.654. The fourth-order valence-corrected chi connectivity index (χ4v) is 3.46. The number of hydrogen-bond donors (Lipinski definition) is 0. The van der Waals surface area contributed by atoms with Gasteiger partial charge in [0.15, 0.2) is 0 Å². The lowest BCUT2D eigenvalue weighted by molar-refractivity contribution is -0.147. The van der Waals surface area contributed by atoms with Gasteiger partial charge in [0.1, 0.15) is 0 Å². The molecule has 0 N–H and O–H groups in total. The van der Waals surface area contributed by atoms with E-state index >= 15 is 0 Å². The van der Waals surface area contributed by atoms with Gasteiger partial charge in [0.25, 0.3) is 0 Å². The summed E-state index contributed by atoms with van der Waals surface area (Å²) in [6, 6.07) is 0. The monoisotopic (exact) mass is 425 g/mol. The molecule has 178 valence electrons. The maximum Gasteiger partial charge on any atom is 0.417 e. The second-order valence-corrected chi connectivity index (χ2v) is 9.84. The number of carbonyl (C=O) groups is 2. The maximum atomic E-state index is 12.6. The first-order valence-electron chi connectivity index (χ1n) is 12.8. The zero-order valence-corrected chi connectivity index (χ0v) is 20.9. The molecule has 0 aromatic rings. The Morgan fingerprint density at radius 2 is 0.933 bits per heavy atom. The van der Waals surface area contributed by atoms with Gasteiger partial charge in [-0.2, -0.15) is 0 Å². The molecule has 0 rings (SSSR count). The van der Waals surface area contributed by atoms with Gasteiger partial charge in [-0.05, 0) is 33.6 Å². The summed E-state index contributed by atoms with van der Waals surface area (Å²) in [6.07, 6.45) is 19.4. The summed E-state index contributed by atoms with van der Waals surface area (Å²) in [5.74, 6) is -0.440. The first kappa shape index (κ1) is 28.9. The number of rotatable bonds is 18. The Morgan fingerprint density at radius 1 is 0.600 bits per heavy atom. The highest BCUT2D eigenvalue weighted by Gasteiger charge is 2.27. The van der Waals surface area contributed by atoms with Crippen molar-refractivity contribution in [3.8, 4) is 0 Å². The molecule has 0 spiro atoms. The second kappa shape index (κ2) is 18.7. The highest BCUT2D eigenvalue weighted by atomic mass is 16.6. The fourth-order valence-electron chi connectivity index (χ4n) is 3.46. The molecule has 0 aromatic heterocycles. The van der Waals surface area contributed by atoms with Crippen molar-refractivity contribution in [2.75, 3.05) is 13.1 Å². The van der Waals surface area contributed by atoms with E-state index in [1.807, 2.05) is 0 Å². The van der Waals surface area contributed by atoms with E-state index in [4.69, 9.17) is 4.74 Å². The lowest BCUT2D eigenvalue weighted by atomic mass is 9.97. The molecular formula is C26H51NO3. The molecule has 0 radical (unpaired) electrons. The highest BCUT2D eigenvalue weighted by molar-refractivity contribution is 5.87. The molecule has 0 saturated carbocycles. The normalized spacial score (nSPS) is 11.5. The lowest BCUT2D eigenvalue weighted by Crippen LogP contribution is -2.37. The molecule has 0 saturated heterocycles. The van der Waals surface area contributed by atoms with E-state index in [1.54, 1.807) is 25.7 Å². The van der Waals surface area contributed by atoms with Crippen molar-refractivity contribution in [1.82, 2.24) is 4.90 Å². The molecule has 0 aliphatic rings. The van der Waals surface area contributed by atoms with Crippen LogP contribution in [0.1, 0.15) is 137 Å². The number of carbonyl (C=O) groups excluding carboxylic acids is 2. The van der Waals surface area contributed by atoms with E-state index in [0.717, 1.165) is 25.7 Å². The van der Waals surface area contributed by atoms with Crippen LogP contribution in [0.25, 0.3) is 0 Å². The quantitative estimate of drug-likeness (QED) is 0.126. The van der Waals surface area contributed by atoms with Crippen LogP contribution in [0.15, 0.2) is 0 Å². The van der Waals surface area contributed by atoms with E-state index in [2.05, 4.69) is 13.8 Å². The number of hydrogen-bond acceptors (Lipinski definition) is 3. The van der Waals surface area contributed by atoms with Crippen LogP contribution in [-0.4, -0.2) is 30.1 Å². The Hall–Kier alpha value is -1.06. The minimum Gasteiger partial charge on any atom is -0.376 e. The number of amides is 1. The number of nitrogens with zero attached hydrogens (tertiary/aromatic N) is 1. The molecule has 1 amide bonds. The third-order valence-electron chi connectivity index (χ3n) is 5.61. The van der Waals surface area contributed by atoms with Crippen LogP contribution in [0, 0.1) is 5.41 Å². The summed E-state index contributed by atoms with van der Waals surface area (Å²) in [5.41, 5.74) is -0.654. The van der Waals surface area contributed by atoms with Crippen LogP contribution in [0.3, 0.4) is 0 Å². The van der Waals surface area contributed by atoms with Gasteiger partial charge in [-0.1, -0.05) is 104 Å². The highest BCUT2D eigenvalue weighted by Crippen LogP contribution is 2.17. The minimum absolute atomic E-state index is 0.440. The zero-order valence-electron chi connectivity index (χ0n) is 20.9. The Kier molecular flexibility index (Phi) is 18.0. The van der Waals surface area contributed by atoms with Crippen molar-refractivity contribution >= 4 is 12.1 Å². The van der Waals surface area contributed by atoms with Crippen LogP contribution < -0.4 is 0 Å². The lowest BCUT2D eigenvalue weighted by Gasteiger charge is -2.24. The standard InChI is InChI=1S/C26H51NO3/c1-6-8-10-12-14-16-18-20-22-27(25(29)30-24(28)26(3,4)5)23-21-19-17-15-13-11-9-7-2/h6-23H2,1-5H3. The van der Waals surface area contributed by atoms with Gasteiger partial charge in [0.2, 0.25) is 0 Å². The van der Waals surface area contributed by atoms with Gasteiger partial charge in [0, 0.05) is 13.1 Å². The Morgan fingerprint density at radius 3 is 1.27 bits per heavy atom. The van der Waals surface area contributed by atoms with Crippen molar-refractivity contribution in [3.05, 3.63) is 0 Å². The van der Waals surface area contributed by atoms with E-state index in [-0.39, 0.29) is 0 Å². The maximum absolute atomic E-state index is 12.6. The number of esters is 1. The van der Waals surface area contributed by atoms with E-state index in [0.29, 0.717) is 13.1 Å². The molecule has 4 nitrogen and oxygen atoms in total. The molecule has 0 unspecified atom stereocenters. The fraction of sp³-hybridized carbons (Fsp3) is 0.923. The van der Waals surface area contributed by atoms with Crippen LogP contribution in [0.2, 0.25) is 0 Å². The van der Waals surface area contributed by atoms with Gasteiger partial charge in [-0.25, -0.2) is 4.79 Å². The van der Waals surface area contributed by atoms with Gasteiger partial charge >= 0.3 is 12.1 Å². The summed E-state index contributed by atoms with van der Waals surface area (Å²) in [7, 11) is 0. The average molecular weight is 426 g/mol. The largest absolute Gasteiger partial charge is 0.417 e. The average Bonchev–Trinajstić information content (AvgIpc) is 2.69. The molecule has 0 fully saturated rings. The molecule has 0 aliphatic heterocycles. The first-order chi connectivity index (χ1) is 14.3. The van der Waals surface area contributed by atoms with Crippen LogP contribution in [0.4, 0.5) is 4.79 Å². The van der Waals surface area contributed by atoms with Crippen molar-refractivity contribution in [1.29, 1.82) is 0 Å². The summed E-state index contributed by atoms with van der Waals surface area (Å²) in [5, 5.41) is 0. The van der Waals surface area contributed by atoms with Crippen LogP contribution in [0.5, 0.6) is 0 Å². The first-order valence-corrected chi connectivity index (χ1v) is 12.8. The second-order valence-electron chi connectivity index (χ2n) is 9.84. The van der Waals surface area contributed by atoms with Crippen molar-refractivity contribution < 1.29 is 14.3 Å². The van der Waals surface area contributed by atoms with Gasteiger partial charge in [-0.3, -0.25) is 4.79 Å². The predicted molar refractivity (Wildman–Crippen MR) is 128 cm³/mol. The van der Waals surface area contributed by atoms with Crippen molar-refractivity contribution in [3.63, 3.8) is 0 Å². The topological polar surface area (TPSA) is 46.6 Å². The summed E-state index contributed by atoms with van der Waals surface area (Å²) in [4.78, 5) is 26.4. The Bertz CT molecular complexity index is 408. The number of ether oxygens (including phenoxy) is 1. The van der Waals surface area contributed by atoms with E-state index in [9.17, 15) is 9.59 Å². The van der Waals surface area contributed by atoms with Crippen molar-refractivity contribution in [2.45, 2.75) is 137 Å². The third kappa shape index (κ3) is 16.7. The molecule has 0 atom stereocenters. The third-order valence-corrected chi connectivity index (χ3v) is 5.61. The molecule has 4 heteroatoms. The Labute approximate surface area is 187 Å². The molecule has 0 bridgehead atoms. The summed E-state index contributed by atoms with van der Waals surface area (Å²) < 4.78 is 5.17. The molecule has 0 aliphatic carbocycles. The van der Waals surface area contributed by atoms with Gasteiger partial charge < -0.3 is 9.64 Å². The predicted octanol–water partition coefficient (Wildman–Crippen LogP) is 8.28. The van der Waals surface area contributed by atoms with Gasteiger partial charge in [0.05, 0.1) is 5.41 Å². The van der Waals surface area contributed by atoms with Crippen LogP contribution >= 0.6 is 0 Å². The van der Waals surface area contributed by atoms with E-state index < -0.39 is 17.5 Å². The number of unbranched alkanes of at least 4 members (excludes halogenated alkanes) is 14. The van der Waals surface area contributed by atoms with Gasteiger partial charge in [-0.15, -0.1) is 0 Å². The SMILES string of the molecule is CCCCCCCCCCN(CCCCCCCCCC)C(=O)OC(=O)C(C)(C)C. The molecule has 30 heavy (non-hydrogen) atoms. The van der Waals surface area contributed by atoms with Crippen LogP contribution in [-0.2, 0) is 9.53 Å². The Balaban J connectivity index is 4.25. The zero-order chi connectivity index (χ0) is 22.7. The smallest absolute Gasteiger partial charge is 0.376 e. The van der Waals surface area contributed by atoms with E-state index in [1.165, 1.54) is 77.0 Å². The summed E-state index contributed by atoms with van der Waals surface area (Å²) >= 11 is 0. The summed E-state index contributed by atoms with van der Waals surface area (Å²) in [6.45, 7) is 11.2.